The van der Waals surface area contributed by atoms with Gasteiger partial charge in [-0.2, -0.15) is 5.26 Å². The summed E-state index contributed by atoms with van der Waals surface area (Å²) in [5.74, 6) is -0.729. The number of nitriles is 1. The zero-order valence-corrected chi connectivity index (χ0v) is 14.4. The number of sulfonamides is 1. The van der Waals surface area contributed by atoms with Crippen molar-refractivity contribution in [2.45, 2.75) is 24.3 Å². The molecule has 3 rings (SSSR count). The van der Waals surface area contributed by atoms with Gasteiger partial charge in [0.2, 0.25) is 0 Å². The normalized spacial score (nSPS) is 14.5. The third-order valence-corrected chi connectivity index (χ3v) is 5.78. The molecule has 6 nitrogen and oxygen atoms in total. The summed E-state index contributed by atoms with van der Waals surface area (Å²) in [6.07, 6.45) is -0.255. The number of hydrogen-bond acceptors (Lipinski definition) is 5. The second-order valence-electron chi connectivity index (χ2n) is 5.66. The molecule has 0 fully saturated rings. The molecular formula is C18H16N2O4S. The zero-order chi connectivity index (χ0) is 18.0. The third-order valence-electron chi connectivity index (χ3n) is 3.97. The maximum Gasteiger partial charge on any atom is 0.339 e. The highest BCUT2D eigenvalue weighted by Gasteiger charge is 2.31. The van der Waals surface area contributed by atoms with E-state index in [0.29, 0.717) is 18.7 Å². The van der Waals surface area contributed by atoms with Crippen LogP contribution in [0, 0.1) is 11.3 Å². The first kappa shape index (κ1) is 17.0. The third kappa shape index (κ3) is 3.21. The lowest BCUT2D eigenvalue weighted by atomic mass is 10.2. The van der Waals surface area contributed by atoms with Crippen LogP contribution in [0.25, 0.3) is 0 Å². The lowest BCUT2D eigenvalue weighted by molar-refractivity contribution is 0.0435. The summed E-state index contributed by atoms with van der Waals surface area (Å²) in [6, 6.07) is 14.8. The standard InChI is InChI=1S/C18H16N2O4S/c1-13(12-19)24-18(21)15-6-4-7-16(11-15)25(22,23)20-10-9-14-5-2-3-8-17(14)20/h2-8,11,13H,9-10H2,1H3/t13-/m0/s1. The van der Waals surface area contributed by atoms with Gasteiger partial charge in [0, 0.05) is 6.54 Å². The van der Waals surface area contributed by atoms with Gasteiger partial charge >= 0.3 is 5.97 Å². The van der Waals surface area contributed by atoms with E-state index in [1.165, 1.54) is 35.5 Å². The molecule has 1 aliphatic heterocycles. The number of anilines is 1. The van der Waals surface area contributed by atoms with Gasteiger partial charge in [0.25, 0.3) is 10.0 Å². The zero-order valence-electron chi connectivity index (χ0n) is 13.5. The van der Waals surface area contributed by atoms with Crippen molar-refractivity contribution in [2.75, 3.05) is 10.8 Å². The van der Waals surface area contributed by atoms with E-state index in [4.69, 9.17) is 10.00 Å². The summed E-state index contributed by atoms with van der Waals surface area (Å²) >= 11 is 0. The smallest absolute Gasteiger partial charge is 0.339 e. The molecule has 0 bridgehead atoms. The van der Waals surface area contributed by atoms with Crippen molar-refractivity contribution in [3.8, 4) is 6.07 Å². The van der Waals surface area contributed by atoms with Crippen LogP contribution in [0.2, 0.25) is 0 Å². The van der Waals surface area contributed by atoms with E-state index >= 15 is 0 Å². The Morgan fingerprint density at radius 2 is 2.00 bits per heavy atom. The van der Waals surface area contributed by atoms with Crippen molar-refractivity contribution >= 4 is 21.7 Å². The molecule has 7 heteroatoms. The second kappa shape index (κ2) is 6.57. The van der Waals surface area contributed by atoms with Crippen LogP contribution in [0.1, 0.15) is 22.8 Å². The van der Waals surface area contributed by atoms with Gasteiger partial charge in [-0.15, -0.1) is 0 Å². The molecule has 0 N–H and O–H groups in total. The summed E-state index contributed by atoms with van der Waals surface area (Å²) in [4.78, 5) is 12.0. The second-order valence-corrected chi connectivity index (χ2v) is 7.52. The van der Waals surface area contributed by atoms with E-state index < -0.39 is 22.1 Å². The topological polar surface area (TPSA) is 87.5 Å². The van der Waals surface area contributed by atoms with Gasteiger partial charge in [-0.25, -0.2) is 13.2 Å². The quantitative estimate of drug-likeness (QED) is 0.786. The average molecular weight is 356 g/mol. The van der Waals surface area contributed by atoms with Crippen LogP contribution in [0.3, 0.4) is 0 Å². The van der Waals surface area contributed by atoms with Crippen molar-refractivity contribution in [1.29, 1.82) is 5.26 Å². The Balaban J connectivity index is 1.93. The minimum Gasteiger partial charge on any atom is -0.444 e. The van der Waals surface area contributed by atoms with E-state index in [0.717, 1.165) is 5.56 Å². The molecule has 1 atom stereocenters. The number of esters is 1. The summed E-state index contributed by atoms with van der Waals surface area (Å²) < 4.78 is 32.2. The minimum atomic E-state index is -3.78. The molecule has 0 unspecified atom stereocenters. The predicted octanol–water partition coefficient (Wildman–Crippen LogP) is 2.51. The van der Waals surface area contributed by atoms with Crippen molar-refractivity contribution in [1.82, 2.24) is 0 Å². The molecular weight excluding hydrogens is 340 g/mol. The number of benzene rings is 2. The Labute approximate surface area is 146 Å². The first-order valence-electron chi connectivity index (χ1n) is 7.75. The van der Waals surface area contributed by atoms with Crippen LogP contribution >= 0.6 is 0 Å². The Morgan fingerprint density at radius 1 is 1.24 bits per heavy atom. The van der Waals surface area contributed by atoms with E-state index in [2.05, 4.69) is 0 Å². The molecule has 1 aliphatic rings. The Hall–Kier alpha value is -2.85. The van der Waals surface area contributed by atoms with E-state index in [-0.39, 0.29) is 10.5 Å². The molecule has 128 valence electrons. The fourth-order valence-corrected chi connectivity index (χ4v) is 4.27. The molecule has 25 heavy (non-hydrogen) atoms. The number of ether oxygens (including phenoxy) is 1. The maximum absolute atomic E-state index is 13.0. The molecule has 1 heterocycles. The largest absolute Gasteiger partial charge is 0.444 e. The van der Waals surface area contributed by atoms with Gasteiger partial charge in [-0.3, -0.25) is 4.31 Å². The van der Waals surface area contributed by atoms with Crippen LogP contribution in [0.4, 0.5) is 5.69 Å². The number of fused-ring (bicyclic) bond motifs is 1. The summed E-state index contributed by atoms with van der Waals surface area (Å²) in [5, 5.41) is 8.72. The fourth-order valence-electron chi connectivity index (χ4n) is 2.72. The molecule has 0 saturated heterocycles. The van der Waals surface area contributed by atoms with Crippen LogP contribution in [0.5, 0.6) is 0 Å². The van der Waals surface area contributed by atoms with Gasteiger partial charge in [0.15, 0.2) is 6.10 Å². The average Bonchev–Trinajstić information content (AvgIpc) is 3.06. The van der Waals surface area contributed by atoms with Crippen LogP contribution in [-0.4, -0.2) is 27.0 Å². The number of rotatable bonds is 4. The fraction of sp³-hybridized carbons (Fsp3) is 0.222. The number of para-hydroxylation sites is 1. The lowest BCUT2D eigenvalue weighted by Crippen LogP contribution is -2.29. The van der Waals surface area contributed by atoms with Gasteiger partial charge in [-0.05, 0) is 43.2 Å². The predicted molar refractivity (Wildman–Crippen MR) is 91.6 cm³/mol. The van der Waals surface area contributed by atoms with Crippen molar-refractivity contribution in [2.24, 2.45) is 0 Å². The Morgan fingerprint density at radius 3 is 2.76 bits per heavy atom. The number of hydrogen-bond donors (Lipinski definition) is 0. The molecule has 0 radical (unpaired) electrons. The lowest BCUT2D eigenvalue weighted by Gasteiger charge is -2.19. The highest BCUT2D eigenvalue weighted by molar-refractivity contribution is 7.92. The summed E-state index contributed by atoms with van der Waals surface area (Å²) in [7, 11) is -3.78. The molecule has 0 saturated carbocycles. The molecule has 0 amide bonds. The molecule has 2 aromatic carbocycles. The molecule has 2 aromatic rings. The Kier molecular flexibility index (Phi) is 4.47. The number of nitrogens with zero attached hydrogens (tertiary/aromatic N) is 2. The van der Waals surface area contributed by atoms with Gasteiger partial charge < -0.3 is 4.74 Å². The highest BCUT2D eigenvalue weighted by Crippen LogP contribution is 2.32. The molecule has 0 spiro atoms. The monoisotopic (exact) mass is 356 g/mol. The van der Waals surface area contributed by atoms with Crippen molar-refractivity contribution in [3.63, 3.8) is 0 Å². The number of carbonyl (C=O) groups is 1. The minimum absolute atomic E-state index is 0.0169. The first-order chi connectivity index (χ1) is 11.9. The van der Waals surface area contributed by atoms with Crippen molar-refractivity contribution < 1.29 is 17.9 Å². The summed E-state index contributed by atoms with van der Waals surface area (Å²) in [6.45, 7) is 1.81. The van der Waals surface area contributed by atoms with Crippen LogP contribution < -0.4 is 4.31 Å². The van der Waals surface area contributed by atoms with Crippen LogP contribution in [-0.2, 0) is 21.2 Å². The highest BCUT2D eigenvalue weighted by atomic mass is 32.2. The summed E-state index contributed by atoms with van der Waals surface area (Å²) in [5.41, 5.74) is 1.73. The van der Waals surface area contributed by atoms with Crippen molar-refractivity contribution in [3.05, 3.63) is 59.7 Å². The maximum atomic E-state index is 13.0. The van der Waals surface area contributed by atoms with Gasteiger partial charge in [-0.1, -0.05) is 24.3 Å². The number of carbonyl (C=O) groups excluding carboxylic acids is 1. The Bertz CT molecular complexity index is 963. The first-order valence-corrected chi connectivity index (χ1v) is 9.19. The molecule has 0 aliphatic carbocycles. The van der Waals surface area contributed by atoms with E-state index in [1.54, 1.807) is 18.2 Å². The molecule has 0 aromatic heterocycles. The van der Waals surface area contributed by atoms with Gasteiger partial charge in [0.05, 0.1) is 16.1 Å². The SMILES string of the molecule is C[C@@H](C#N)OC(=O)c1cccc(S(=O)(=O)N2CCc3ccccc32)c1. The van der Waals surface area contributed by atoms with Crippen LogP contribution in [0.15, 0.2) is 53.4 Å². The van der Waals surface area contributed by atoms with E-state index in [9.17, 15) is 13.2 Å². The van der Waals surface area contributed by atoms with E-state index in [1.807, 2.05) is 12.1 Å². The van der Waals surface area contributed by atoms with Gasteiger partial charge in [0.1, 0.15) is 6.07 Å².